The van der Waals surface area contributed by atoms with Crippen LogP contribution in [0.3, 0.4) is 0 Å². The van der Waals surface area contributed by atoms with Crippen LogP contribution in [0.15, 0.2) is 0 Å². The first kappa shape index (κ1) is 26.6. The zero-order chi connectivity index (χ0) is 25.7. The summed E-state index contributed by atoms with van der Waals surface area (Å²) in [5.41, 5.74) is 0.203. The van der Waals surface area contributed by atoms with Crippen LogP contribution in [0.2, 0.25) is 0 Å². The molecule has 0 saturated heterocycles. The van der Waals surface area contributed by atoms with Crippen molar-refractivity contribution in [3.05, 3.63) is 0 Å². The molecule has 1 N–H and O–H groups in total. The van der Waals surface area contributed by atoms with Gasteiger partial charge in [0.25, 0.3) is 0 Å². The molecule has 0 spiro atoms. The van der Waals surface area contributed by atoms with Gasteiger partial charge in [0, 0.05) is 12.8 Å². The lowest BCUT2D eigenvalue weighted by molar-refractivity contribution is -0.194. The van der Waals surface area contributed by atoms with Crippen molar-refractivity contribution >= 4 is 17.7 Å². The van der Waals surface area contributed by atoms with Crippen LogP contribution in [0, 0.1) is 58.2 Å². The van der Waals surface area contributed by atoms with Gasteiger partial charge in [-0.1, -0.05) is 34.1 Å². The first-order valence-corrected chi connectivity index (χ1v) is 13.9. The summed E-state index contributed by atoms with van der Waals surface area (Å²) in [6, 6.07) is 0. The maximum absolute atomic E-state index is 12.4. The Morgan fingerprint density at radius 3 is 2.23 bits per heavy atom. The van der Waals surface area contributed by atoms with Crippen molar-refractivity contribution in [2.24, 2.45) is 58.2 Å². The third kappa shape index (κ3) is 4.16. The number of Topliss-reactive ketones (excluding diaryl/α,β-unsaturated/α-hetero) is 1. The summed E-state index contributed by atoms with van der Waals surface area (Å²) in [7, 11) is 2.64. The van der Waals surface area contributed by atoms with Crippen LogP contribution in [-0.2, 0) is 23.9 Å². The molecule has 4 fully saturated rings. The largest absolute Gasteiger partial charge is 0.468 e. The van der Waals surface area contributed by atoms with Gasteiger partial charge in [-0.25, -0.2) is 0 Å². The monoisotopic (exact) mass is 490 g/mol. The number of ether oxygens (including phenoxy) is 2. The Bertz CT molecular complexity index is 823. The minimum absolute atomic E-state index is 0.0737. The molecule has 10 atom stereocenters. The van der Waals surface area contributed by atoms with Crippen molar-refractivity contribution in [1.82, 2.24) is 0 Å². The highest BCUT2D eigenvalue weighted by Crippen LogP contribution is 2.69. The second-order valence-corrected chi connectivity index (χ2v) is 12.7. The predicted octanol–water partition coefficient (Wildman–Crippen LogP) is 4.81. The van der Waals surface area contributed by atoms with Gasteiger partial charge < -0.3 is 14.6 Å². The second kappa shape index (κ2) is 9.79. The van der Waals surface area contributed by atoms with Crippen LogP contribution in [-0.4, -0.2) is 43.2 Å². The van der Waals surface area contributed by atoms with Crippen LogP contribution in [0.1, 0.15) is 85.5 Å². The molecule has 4 rings (SSSR count). The Morgan fingerprint density at radius 2 is 1.63 bits per heavy atom. The second-order valence-electron chi connectivity index (χ2n) is 12.7. The number of esters is 2. The van der Waals surface area contributed by atoms with E-state index in [1.807, 2.05) is 0 Å². The highest BCUT2D eigenvalue weighted by Gasteiger charge is 2.65. The molecule has 4 saturated carbocycles. The molecule has 0 radical (unpaired) electrons. The number of aliphatic hydroxyl groups excluding tert-OH is 1. The van der Waals surface area contributed by atoms with Crippen LogP contribution in [0.5, 0.6) is 0 Å². The van der Waals surface area contributed by atoms with Crippen molar-refractivity contribution in [3.8, 4) is 0 Å². The Labute approximate surface area is 210 Å². The molecule has 0 aliphatic heterocycles. The molecule has 0 aromatic rings. The molecule has 6 heteroatoms. The van der Waals surface area contributed by atoms with Crippen molar-refractivity contribution in [2.75, 3.05) is 14.2 Å². The molecule has 6 nitrogen and oxygen atoms in total. The lowest BCUT2D eigenvalue weighted by atomic mass is 9.41. The topological polar surface area (TPSA) is 89.9 Å². The minimum atomic E-state index is -0.886. The van der Waals surface area contributed by atoms with Crippen LogP contribution in [0.25, 0.3) is 0 Å². The molecule has 4 aliphatic rings. The van der Waals surface area contributed by atoms with E-state index in [1.165, 1.54) is 14.2 Å². The molecule has 0 amide bonds. The first-order chi connectivity index (χ1) is 16.5. The van der Waals surface area contributed by atoms with Gasteiger partial charge in [0.2, 0.25) is 0 Å². The molecule has 0 aromatic carbocycles. The lowest BCUT2D eigenvalue weighted by Crippen LogP contribution is -2.62. The Kier molecular flexibility index (Phi) is 7.45. The summed E-state index contributed by atoms with van der Waals surface area (Å²) in [5, 5.41) is 11.8. The summed E-state index contributed by atoms with van der Waals surface area (Å²) in [5.74, 6) is 0.644. The van der Waals surface area contributed by atoms with E-state index in [4.69, 9.17) is 9.47 Å². The maximum Gasteiger partial charge on any atom is 0.320 e. The zero-order valence-corrected chi connectivity index (χ0v) is 22.5. The fourth-order valence-electron chi connectivity index (χ4n) is 9.85. The third-order valence-corrected chi connectivity index (χ3v) is 11.6. The van der Waals surface area contributed by atoms with Gasteiger partial charge in [0.05, 0.1) is 20.3 Å². The maximum atomic E-state index is 12.4. The molecule has 0 aromatic heterocycles. The first-order valence-electron chi connectivity index (χ1n) is 13.9. The fraction of sp³-hybridized carbons (Fsp3) is 0.897. The van der Waals surface area contributed by atoms with Crippen molar-refractivity contribution in [1.29, 1.82) is 0 Å². The quantitative estimate of drug-likeness (QED) is 0.424. The number of fused-ring (bicyclic) bond motifs is 5. The van der Waals surface area contributed by atoms with Gasteiger partial charge in [-0.05, 0) is 90.8 Å². The summed E-state index contributed by atoms with van der Waals surface area (Å²) in [6.45, 7) is 9.17. The normalized spacial score (nSPS) is 43.7. The number of hydrogen-bond acceptors (Lipinski definition) is 6. The van der Waals surface area contributed by atoms with Crippen molar-refractivity contribution in [3.63, 3.8) is 0 Å². The summed E-state index contributed by atoms with van der Waals surface area (Å²) >= 11 is 0. The molecular weight excluding hydrogens is 444 g/mol. The number of methoxy groups -OCH3 is 2. The van der Waals surface area contributed by atoms with Gasteiger partial charge in [0.15, 0.2) is 5.92 Å². The number of carbonyl (C=O) groups excluding carboxylic acids is 3. The van der Waals surface area contributed by atoms with E-state index in [-0.39, 0.29) is 34.7 Å². The molecule has 0 bridgehead atoms. The standard InChI is InChI=1S/C29H46O6/c1-7-18-23-15-17(30)10-12-29(23,4)22-11-13-28(3)20(8-9-21(28)24(22)25(18)31)16(2)14-19(26(32)34-5)27(33)35-6/h16,18-25,31H,7-15H2,1-6H3/t16-,18-,20?,21?,22?,23?,24?,25+,28-,29-/m1/s1. The van der Waals surface area contributed by atoms with Gasteiger partial charge in [-0.3, -0.25) is 14.4 Å². The SMILES string of the molecule is CC[C@@H]1C2CC(=O)CC[C@]2(C)C2CC[C@@]3(C)C(CCC3[C@H](C)CC(C(=O)OC)C(=O)OC)C2[C@H]1O. The predicted molar refractivity (Wildman–Crippen MR) is 132 cm³/mol. The highest BCUT2D eigenvalue weighted by molar-refractivity contribution is 5.94. The molecule has 0 heterocycles. The van der Waals surface area contributed by atoms with E-state index in [0.717, 1.165) is 38.5 Å². The molecular formula is C29H46O6. The van der Waals surface area contributed by atoms with E-state index in [2.05, 4.69) is 27.7 Å². The average molecular weight is 491 g/mol. The van der Waals surface area contributed by atoms with Gasteiger partial charge >= 0.3 is 11.9 Å². The minimum Gasteiger partial charge on any atom is -0.468 e. The zero-order valence-electron chi connectivity index (χ0n) is 22.5. The van der Waals surface area contributed by atoms with Crippen molar-refractivity contribution in [2.45, 2.75) is 91.6 Å². The Morgan fingerprint density at radius 1 is 1.00 bits per heavy atom. The van der Waals surface area contributed by atoms with Crippen molar-refractivity contribution < 1.29 is 29.0 Å². The molecule has 198 valence electrons. The smallest absolute Gasteiger partial charge is 0.320 e. The van der Waals surface area contributed by atoms with Crippen LogP contribution in [0.4, 0.5) is 0 Å². The lowest BCUT2D eigenvalue weighted by Gasteiger charge is -2.64. The van der Waals surface area contributed by atoms with Gasteiger partial charge in [0.1, 0.15) is 5.78 Å². The highest BCUT2D eigenvalue weighted by atomic mass is 16.5. The number of ketones is 1. The molecule has 35 heavy (non-hydrogen) atoms. The fourth-order valence-corrected chi connectivity index (χ4v) is 9.85. The number of aliphatic hydroxyl groups is 1. The number of hydrogen-bond donors (Lipinski definition) is 1. The van der Waals surface area contributed by atoms with Gasteiger partial charge in [-0.15, -0.1) is 0 Å². The summed E-state index contributed by atoms with van der Waals surface area (Å²) < 4.78 is 9.82. The van der Waals surface area contributed by atoms with E-state index >= 15 is 0 Å². The van der Waals surface area contributed by atoms with E-state index in [9.17, 15) is 19.5 Å². The third-order valence-electron chi connectivity index (χ3n) is 11.6. The Hall–Kier alpha value is -1.43. The Balaban J connectivity index is 1.60. The molecule has 4 aliphatic carbocycles. The summed E-state index contributed by atoms with van der Waals surface area (Å²) in [4.78, 5) is 37.1. The number of rotatable bonds is 6. The number of carbonyl (C=O) groups is 3. The van der Waals surface area contributed by atoms with E-state index < -0.39 is 17.9 Å². The molecule has 5 unspecified atom stereocenters. The summed E-state index contributed by atoms with van der Waals surface area (Å²) in [6.07, 6.45) is 7.62. The average Bonchev–Trinajstić information content (AvgIpc) is 3.20. The van der Waals surface area contributed by atoms with E-state index in [0.29, 0.717) is 48.7 Å². The van der Waals surface area contributed by atoms with E-state index in [1.54, 1.807) is 0 Å². The van der Waals surface area contributed by atoms with Crippen LogP contribution >= 0.6 is 0 Å². The van der Waals surface area contributed by atoms with Gasteiger partial charge in [-0.2, -0.15) is 0 Å². The van der Waals surface area contributed by atoms with Crippen LogP contribution < -0.4 is 0 Å².